The quantitative estimate of drug-likeness (QED) is 0.471. The van der Waals surface area contributed by atoms with Crippen LogP contribution in [0.4, 0.5) is 14.5 Å². The molecule has 0 saturated carbocycles. The van der Waals surface area contributed by atoms with E-state index >= 15 is 0 Å². The maximum Gasteiger partial charge on any atom is 0.268 e. The maximum atomic E-state index is 13.5. The lowest BCUT2D eigenvalue weighted by molar-refractivity contribution is -0.149. The minimum Gasteiger partial charge on any atom is -0.372 e. The molecule has 9 heteroatoms. The molecule has 33 heavy (non-hydrogen) atoms. The monoisotopic (exact) mass is 478 g/mol. The number of carbonyl (C=O) groups excluding carboxylic acids is 2. The van der Waals surface area contributed by atoms with Crippen molar-refractivity contribution in [3.05, 3.63) is 59.7 Å². The topological polar surface area (TPSA) is 86.7 Å². The molecule has 6 nitrogen and oxygen atoms in total. The second kappa shape index (κ2) is 9.35. The highest BCUT2D eigenvalue weighted by molar-refractivity contribution is 7.72. The van der Waals surface area contributed by atoms with Gasteiger partial charge in [0.1, 0.15) is 18.8 Å². The Morgan fingerprint density at radius 3 is 2.15 bits per heavy atom. The van der Waals surface area contributed by atoms with Crippen LogP contribution in [0.5, 0.6) is 0 Å². The molecule has 1 atom stereocenters. The minimum atomic E-state index is -2.64. The normalized spacial score (nSPS) is 18.9. The Balaban J connectivity index is 1.74. The van der Waals surface area contributed by atoms with Gasteiger partial charge in [0.15, 0.2) is 0 Å². The van der Waals surface area contributed by atoms with Crippen LogP contribution in [0.15, 0.2) is 42.5 Å². The highest BCUT2D eigenvalue weighted by atomic mass is 31.2. The van der Waals surface area contributed by atoms with Gasteiger partial charge in [0.2, 0.25) is 5.60 Å². The number of nitrogens with zero attached hydrogens (tertiary/aromatic N) is 1. The molecule has 1 fully saturated rings. The molecule has 1 saturated heterocycles. The van der Waals surface area contributed by atoms with E-state index in [2.05, 4.69) is 5.32 Å². The molecule has 0 aromatic heterocycles. The van der Waals surface area contributed by atoms with Gasteiger partial charge in [-0.2, -0.15) is 0 Å². The summed E-state index contributed by atoms with van der Waals surface area (Å²) in [6, 6.07) is 9.64. The van der Waals surface area contributed by atoms with E-state index < -0.39 is 36.2 Å². The van der Waals surface area contributed by atoms with E-state index in [4.69, 9.17) is 0 Å². The van der Waals surface area contributed by atoms with Crippen molar-refractivity contribution in [3.8, 4) is 0 Å². The van der Waals surface area contributed by atoms with Crippen LogP contribution in [0.25, 0.3) is 0 Å². The van der Waals surface area contributed by atoms with Crippen LogP contribution in [0.1, 0.15) is 39.7 Å². The third-order valence-electron chi connectivity index (χ3n) is 6.15. The van der Waals surface area contributed by atoms with E-state index in [1.807, 2.05) is 27.7 Å². The molecule has 0 spiro atoms. The van der Waals surface area contributed by atoms with Crippen molar-refractivity contribution >= 4 is 29.9 Å². The van der Waals surface area contributed by atoms with E-state index in [0.717, 1.165) is 17.4 Å². The van der Waals surface area contributed by atoms with Gasteiger partial charge in [-0.3, -0.25) is 9.59 Å². The van der Waals surface area contributed by atoms with Gasteiger partial charge < -0.3 is 19.9 Å². The number of aliphatic hydroxyl groups is 1. The van der Waals surface area contributed by atoms with Gasteiger partial charge in [-0.05, 0) is 42.0 Å². The number of nitrogens with one attached hydrogen (secondary N) is 1. The lowest BCUT2D eigenvalue weighted by Gasteiger charge is -2.27. The maximum absolute atomic E-state index is 13.5. The zero-order valence-electron chi connectivity index (χ0n) is 19.1. The number of carbonyl (C=O) groups is 2. The predicted molar refractivity (Wildman–Crippen MR) is 124 cm³/mol. The molecule has 0 aliphatic carbocycles. The van der Waals surface area contributed by atoms with Gasteiger partial charge in [-0.15, -0.1) is 0 Å². The fourth-order valence-corrected chi connectivity index (χ4v) is 7.26. The Morgan fingerprint density at radius 2 is 1.64 bits per heavy atom. The first-order chi connectivity index (χ1) is 15.4. The van der Waals surface area contributed by atoms with Gasteiger partial charge >= 0.3 is 0 Å². The van der Waals surface area contributed by atoms with Crippen molar-refractivity contribution in [1.82, 2.24) is 5.32 Å². The molecule has 2 N–H and O–H groups in total. The first-order valence-corrected chi connectivity index (χ1v) is 12.7. The lowest BCUT2D eigenvalue weighted by atomic mass is 10.0. The van der Waals surface area contributed by atoms with Gasteiger partial charge in [0.05, 0.1) is 0 Å². The summed E-state index contributed by atoms with van der Waals surface area (Å²) in [5.41, 5.74) is -1.69. The molecular weight excluding hydrogens is 449 g/mol. The summed E-state index contributed by atoms with van der Waals surface area (Å²) < 4.78 is 40.2. The first-order valence-electron chi connectivity index (χ1n) is 10.9. The van der Waals surface area contributed by atoms with Crippen molar-refractivity contribution in [1.29, 1.82) is 0 Å². The number of amides is 2. The van der Waals surface area contributed by atoms with Gasteiger partial charge in [-0.25, -0.2) is 8.78 Å². The number of benzene rings is 2. The molecule has 178 valence electrons. The molecule has 2 amide bonds. The highest BCUT2D eigenvalue weighted by Gasteiger charge is 2.51. The number of hydrogen-bond donors (Lipinski definition) is 2. The second-order valence-electron chi connectivity index (χ2n) is 8.94. The zero-order chi connectivity index (χ0) is 24.6. The summed E-state index contributed by atoms with van der Waals surface area (Å²) in [5.74, 6) is -3.29. The van der Waals surface area contributed by atoms with Crippen molar-refractivity contribution in [2.45, 2.75) is 57.6 Å². The molecule has 0 bridgehead atoms. The summed E-state index contributed by atoms with van der Waals surface area (Å²) in [4.78, 5) is 26.8. The summed E-state index contributed by atoms with van der Waals surface area (Å²) >= 11 is 0. The smallest absolute Gasteiger partial charge is 0.268 e. The third kappa shape index (κ3) is 4.73. The molecule has 2 aromatic carbocycles. The number of halogens is 2. The van der Waals surface area contributed by atoms with Crippen molar-refractivity contribution in [2.24, 2.45) is 0 Å². The summed E-state index contributed by atoms with van der Waals surface area (Å²) in [7, 11) is -2.64. The molecule has 1 aliphatic heterocycles. The van der Waals surface area contributed by atoms with Crippen molar-refractivity contribution < 1.29 is 28.0 Å². The van der Waals surface area contributed by atoms with E-state index in [-0.39, 0.29) is 36.4 Å². The fourth-order valence-electron chi connectivity index (χ4n) is 4.26. The predicted octanol–water partition coefficient (Wildman–Crippen LogP) is 3.55. The lowest BCUT2D eigenvalue weighted by Crippen LogP contribution is -2.52. The van der Waals surface area contributed by atoms with Crippen molar-refractivity contribution in [3.63, 3.8) is 0 Å². The van der Waals surface area contributed by atoms with Crippen LogP contribution in [0.2, 0.25) is 0 Å². The molecule has 1 aliphatic rings. The van der Waals surface area contributed by atoms with Crippen molar-refractivity contribution in [2.75, 3.05) is 11.4 Å². The molecule has 3 rings (SSSR count). The highest BCUT2D eigenvalue weighted by Crippen LogP contribution is 2.53. The Morgan fingerprint density at radius 1 is 1.09 bits per heavy atom. The van der Waals surface area contributed by atoms with Crippen LogP contribution in [-0.4, -0.2) is 40.4 Å². The molecule has 0 radical (unpaired) electrons. The Hall–Kier alpha value is -2.57. The third-order valence-corrected chi connectivity index (χ3v) is 10.3. The Bertz CT molecular complexity index is 1070. The standard InChI is InChI=1S/C24H29F2N2O4P/c1-15(2)33(32,16(3)4)21-7-5-20(6-8-21)28-10-9-24(31,23(28)30)22(29)27-14-17-11-18(25)13-19(26)12-17/h5-8,11-13,15-16,31H,9-10,14H2,1-4H3,(H,27,29)/t24-/m0/s1. The number of anilines is 1. The van der Waals surface area contributed by atoms with Crippen LogP contribution in [-0.2, 0) is 20.7 Å². The SMILES string of the molecule is CC(C)P(=O)(c1ccc(N2CC[C@](O)(C(=O)NCc3cc(F)cc(F)c3)C2=O)cc1)C(C)C. The average molecular weight is 478 g/mol. The Kier molecular flexibility index (Phi) is 7.10. The first kappa shape index (κ1) is 25.1. The summed E-state index contributed by atoms with van der Waals surface area (Å²) in [5, 5.41) is 13.9. The van der Waals surface area contributed by atoms with Gasteiger partial charge in [0.25, 0.3) is 11.8 Å². The van der Waals surface area contributed by atoms with E-state index in [1.165, 1.54) is 4.90 Å². The van der Waals surface area contributed by atoms with Gasteiger partial charge in [0, 0.05) is 47.9 Å². The largest absolute Gasteiger partial charge is 0.372 e. The van der Waals surface area contributed by atoms with E-state index in [9.17, 15) is 28.0 Å². The van der Waals surface area contributed by atoms with Crippen LogP contribution in [0, 0.1) is 11.6 Å². The Labute approximate surface area is 192 Å². The zero-order valence-corrected chi connectivity index (χ0v) is 20.0. The number of rotatable bonds is 7. The number of hydrogen-bond acceptors (Lipinski definition) is 4. The average Bonchev–Trinajstić information content (AvgIpc) is 3.06. The molecule has 2 aromatic rings. The second-order valence-corrected chi connectivity index (χ2v) is 12.9. The molecule has 0 unspecified atom stereocenters. The molecular formula is C24H29F2N2O4P. The molecule has 1 heterocycles. The van der Waals surface area contributed by atoms with Crippen LogP contribution in [0.3, 0.4) is 0 Å². The van der Waals surface area contributed by atoms with Crippen LogP contribution >= 0.6 is 7.14 Å². The van der Waals surface area contributed by atoms with E-state index in [1.54, 1.807) is 24.3 Å². The van der Waals surface area contributed by atoms with Gasteiger partial charge in [-0.1, -0.05) is 27.7 Å². The minimum absolute atomic E-state index is 0.0304. The summed E-state index contributed by atoms with van der Waals surface area (Å²) in [6.07, 6.45) is -0.132. The van der Waals surface area contributed by atoms with Crippen LogP contribution < -0.4 is 15.5 Å². The summed E-state index contributed by atoms with van der Waals surface area (Å²) in [6.45, 7) is 7.58. The fraction of sp³-hybridized carbons (Fsp3) is 0.417. The van der Waals surface area contributed by atoms with E-state index in [0.29, 0.717) is 11.8 Å².